The lowest BCUT2D eigenvalue weighted by molar-refractivity contribution is 0.0696. The van der Waals surface area contributed by atoms with Crippen molar-refractivity contribution in [3.05, 3.63) is 22.8 Å². The minimum absolute atomic E-state index is 0.429. The van der Waals surface area contributed by atoms with Crippen molar-refractivity contribution >= 4 is 27.5 Å². The highest BCUT2D eigenvalue weighted by Crippen LogP contribution is 2.17. The molecule has 0 aliphatic rings. The second kappa shape index (κ2) is 4.62. The predicted molar refractivity (Wildman–Crippen MR) is 70.1 cm³/mol. The third-order valence-corrected chi connectivity index (χ3v) is 3.32. The number of aliphatic hydroxyl groups is 1. The molecule has 0 bridgehead atoms. The zero-order valence-electron chi connectivity index (χ0n) is 9.81. The molecule has 0 radical (unpaired) electrons. The van der Waals surface area contributed by atoms with Crippen LogP contribution in [0.25, 0.3) is 5.65 Å². The third kappa shape index (κ3) is 2.76. The third-order valence-electron chi connectivity index (χ3n) is 2.70. The van der Waals surface area contributed by atoms with Gasteiger partial charge >= 0.3 is 0 Å². The topological polar surface area (TPSA) is 62.5 Å². The zero-order valence-corrected chi connectivity index (χ0v) is 11.4. The standard InChI is InChI=1S/C11H15BrN4O/c1-3-11(2,17)7-13-10-14-9-8(12)5-4-6-16(9)15-10/h4-6,17H,3,7H2,1-2H3,(H,13,15). The molecular weight excluding hydrogens is 284 g/mol. The summed E-state index contributed by atoms with van der Waals surface area (Å²) in [6.07, 6.45) is 2.51. The van der Waals surface area contributed by atoms with Crippen molar-refractivity contribution in [3.63, 3.8) is 0 Å². The number of anilines is 1. The van der Waals surface area contributed by atoms with E-state index in [2.05, 4.69) is 31.3 Å². The van der Waals surface area contributed by atoms with Gasteiger partial charge in [-0.3, -0.25) is 0 Å². The molecule has 2 aromatic rings. The molecule has 5 nitrogen and oxygen atoms in total. The van der Waals surface area contributed by atoms with Gasteiger partial charge in [0.25, 0.3) is 0 Å². The maximum absolute atomic E-state index is 9.88. The Hall–Kier alpha value is -1.14. The van der Waals surface area contributed by atoms with Gasteiger partial charge in [-0.2, -0.15) is 4.98 Å². The van der Waals surface area contributed by atoms with Crippen molar-refractivity contribution in [2.75, 3.05) is 11.9 Å². The number of aromatic nitrogens is 3. The fourth-order valence-electron chi connectivity index (χ4n) is 1.34. The van der Waals surface area contributed by atoms with Crippen LogP contribution in [0.2, 0.25) is 0 Å². The van der Waals surface area contributed by atoms with Crippen molar-refractivity contribution < 1.29 is 5.11 Å². The Kier molecular flexibility index (Phi) is 3.35. The van der Waals surface area contributed by atoms with Crippen LogP contribution in [0.15, 0.2) is 22.8 Å². The van der Waals surface area contributed by atoms with E-state index in [1.165, 1.54) is 0 Å². The number of nitrogens with one attached hydrogen (secondary N) is 1. The van der Waals surface area contributed by atoms with E-state index in [0.717, 1.165) is 10.1 Å². The molecule has 17 heavy (non-hydrogen) atoms. The highest BCUT2D eigenvalue weighted by atomic mass is 79.9. The molecule has 92 valence electrons. The van der Waals surface area contributed by atoms with E-state index in [0.29, 0.717) is 18.9 Å². The molecule has 0 amide bonds. The lowest BCUT2D eigenvalue weighted by Gasteiger charge is -2.20. The van der Waals surface area contributed by atoms with Gasteiger partial charge in [-0.05, 0) is 41.4 Å². The lowest BCUT2D eigenvalue weighted by Crippen LogP contribution is -2.32. The Morgan fingerprint density at radius 3 is 3.00 bits per heavy atom. The largest absolute Gasteiger partial charge is 0.388 e. The SMILES string of the molecule is CCC(C)(O)CNc1nc2c(Br)cccn2n1. The molecule has 0 saturated carbocycles. The molecule has 0 aromatic carbocycles. The summed E-state index contributed by atoms with van der Waals surface area (Å²) in [7, 11) is 0. The first-order valence-corrected chi connectivity index (χ1v) is 6.28. The Labute approximate surface area is 108 Å². The Morgan fingerprint density at radius 1 is 1.59 bits per heavy atom. The molecule has 2 heterocycles. The van der Waals surface area contributed by atoms with Gasteiger partial charge in [-0.15, -0.1) is 5.10 Å². The van der Waals surface area contributed by atoms with E-state index in [4.69, 9.17) is 0 Å². The maximum Gasteiger partial charge on any atom is 0.243 e. The molecule has 0 aliphatic heterocycles. The van der Waals surface area contributed by atoms with Crippen LogP contribution in [0.3, 0.4) is 0 Å². The summed E-state index contributed by atoms with van der Waals surface area (Å²) in [4.78, 5) is 4.33. The quantitative estimate of drug-likeness (QED) is 0.907. The van der Waals surface area contributed by atoms with Crippen LogP contribution >= 0.6 is 15.9 Å². The monoisotopic (exact) mass is 298 g/mol. The molecule has 0 fully saturated rings. The van der Waals surface area contributed by atoms with E-state index in [-0.39, 0.29) is 0 Å². The van der Waals surface area contributed by atoms with Crippen molar-refractivity contribution in [2.24, 2.45) is 0 Å². The Morgan fingerprint density at radius 2 is 2.35 bits per heavy atom. The van der Waals surface area contributed by atoms with Crippen LogP contribution in [-0.4, -0.2) is 31.9 Å². The predicted octanol–water partition coefficient (Wildman–Crippen LogP) is 2.06. The number of fused-ring (bicyclic) bond motifs is 1. The van der Waals surface area contributed by atoms with Gasteiger partial charge in [0.1, 0.15) is 0 Å². The number of pyridine rings is 1. The lowest BCUT2D eigenvalue weighted by atomic mass is 10.0. The van der Waals surface area contributed by atoms with E-state index in [1.54, 1.807) is 11.4 Å². The molecule has 6 heteroatoms. The van der Waals surface area contributed by atoms with Gasteiger partial charge in [0, 0.05) is 12.7 Å². The normalized spacial score (nSPS) is 14.8. The number of halogens is 1. The highest BCUT2D eigenvalue weighted by Gasteiger charge is 2.18. The molecule has 1 atom stereocenters. The highest BCUT2D eigenvalue weighted by molar-refractivity contribution is 9.10. The Bertz CT molecular complexity index is 523. The summed E-state index contributed by atoms with van der Waals surface area (Å²) in [5.74, 6) is 0.519. The van der Waals surface area contributed by atoms with E-state index in [1.807, 2.05) is 25.3 Å². The molecule has 0 aliphatic carbocycles. The fourth-order valence-corrected chi connectivity index (χ4v) is 1.77. The summed E-state index contributed by atoms with van der Waals surface area (Å²) < 4.78 is 2.58. The van der Waals surface area contributed by atoms with Crippen molar-refractivity contribution in [1.82, 2.24) is 14.6 Å². The second-order valence-corrected chi connectivity index (χ2v) is 5.12. The van der Waals surface area contributed by atoms with Gasteiger partial charge in [-0.25, -0.2) is 4.52 Å². The van der Waals surface area contributed by atoms with Crippen LogP contribution < -0.4 is 5.32 Å². The Balaban J connectivity index is 2.18. The van der Waals surface area contributed by atoms with E-state index in [9.17, 15) is 5.11 Å². The molecular formula is C11H15BrN4O. The number of nitrogens with zero attached hydrogens (tertiary/aromatic N) is 3. The van der Waals surface area contributed by atoms with E-state index >= 15 is 0 Å². The minimum atomic E-state index is -0.741. The summed E-state index contributed by atoms with van der Waals surface area (Å²) in [6, 6.07) is 3.80. The summed E-state index contributed by atoms with van der Waals surface area (Å²) >= 11 is 3.41. The zero-order chi connectivity index (χ0) is 12.5. The maximum atomic E-state index is 9.88. The first kappa shape index (κ1) is 12.3. The summed E-state index contributed by atoms with van der Waals surface area (Å²) in [5, 5.41) is 17.2. The van der Waals surface area contributed by atoms with Gasteiger partial charge in [0.05, 0.1) is 10.1 Å². The average Bonchev–Trinajstić information content (AvgIpc) is 2.71. The van der Waals surface area contributed by atoms with E-state index < -0.39 is 5.60 Å². The average molecular weight is 299 g/mol. The molecule has 2 N–H and O–H groups in total. The first-order chi connectivity index (χ1) is 8.02. The minimum Gasteiger partial charge on any atom is -0.388 e. The number of hydrogen-bond acceptors (Lipinski definition) is 4. The van der Waals surface area contributed by atoms with Crippen LogP contribution in [0.4, 0.5) is 5.95 Å². The second-order valence-electron chi connectivity index (χ2n) is 4.26. The van der Waals surface area contributed by atoms with Gasteiger partial charge in [0.2, 0.25) is 5.95 Å². The number of rotatable bonds is 4. The summed E-state index contributed by atoms with van der Waals surface area (Å²) in [6.45, 7) is 4.15. The van der Waals surface area contributed by atoms with Crippen LogP contribution in [0.1, 0.15) is 20.3 Å². The van der Waals surface area contributed by atoms with Gasteiger partial charge < -0.3 is 10.4 Å². The van der Waals surface area contributed by atoms with Gasteiger partial charge in [0.15, 0.2) is 5.65 Å². The first-order valence-electron chi connectivity index (χ1n) is 5.49. The molecule has 0 saturated heterocycles. The van der Waals surface area contributed by atoms with Crippen LogP contribution in [0.5, 0.6) is 0 Å². The van der Waals surface area contributed by atoms with Crippen molar-refractivity contribution in [1.29, 1.82) is 0 Å². The van der Waals surface area contributed by atoms with Crippen molar-refractivity contribution in [3.8, 4) is 0 Å². The molecule has 2 aromatic heterocycles. The van der Waals surface area contributed by atoms with Crippen molar-refractivity contribution in [2.45, 2.75) is 25.9 Å². The molecule has 1 unspecified atom stereocenters. The fraction of sp³-hybridized carbons (Fsp3) is 0.455. The molecule has 2 rings (SSSR count). The smallest absolute Gasteiger partial charge is 0.243 e. The van der Waals surface area contributed by atoms with Crippen LogP contribution in [-0.2, 0) is 0 Å². The van der Waals surface area contributed by atoms with Crippen LogP contribution in [0, 0.1) is 0 Å². The molecule has 0 spiro atoms. The summed E-state index contributed by atoms with van der Waals surface area (Å²) in [5.41, 5.74) is 0.0143. The van der Waals surface area contributed by atoms with Gasteiger partial charge in [-0.1, -0.05) is 6.92 Å². The number of hydrogen-bond donors (Lipinski definition) is 2.